The largest absolute Gasteiger partial charge is 0.350 e. The smallest absolute Gasteiger partial charge is 0.273 e. The monoisotopic (exact) mass is 389 g/mol. The van der Waals surface area contributed by atoms with Crippen LogP contribution in [0.15, 0.2) is 5.38 Å². The maximum atomic E-state index is 12.5. The Labute approximate surface area is 163 Å². The molecule has 27 heavy (non-hydrogen) atoms. The van der Waals surface area contributed by atoms with E-state index in [0.717, 1.165) is 62.0 Å². The van der Waals surface area contributed by atoms with E-state index in [0.29, 0.717) is 18.3 Å². The molecule has 2 N–H and O–H groups in total. The molecule has 2 fully saturated rings. The van der Waals surface area contributed by atoms with Gasteiger partial charge in [0, 0.05) is 31.4 Å². The number of aromatic nitrogens is 4. The van der Waals surface area contributed by atoms with Crippen LogP contribution in [0.25, 0.3) is 0 Å². The number of piperidine rings is 1. The van der Waals surface area contributed by atoms with Crippen LogP contribution in [0.3, 0.4) is 0 Å². The number of amides is 1. The average Bonchev–Trinajstić information content (AvgIpc) is 3.43. The molecule has 4 rings (SSSR count). The van der Waals surface area contributed by atoms with Crippen LogP contribution in [-0.2, 0) is 6.42 Å². The van der Waals surface area contributed by atoms with Gasteiger partial charge in [0.2, 0.25) is 0 Å². The number of hydrogen-bond donors (Lipinski definition) is 2. The van der Waals surface area contributed by atoms with Gasteiger partial charge in [0.15, 0.2) is 10.8 Å². The number of thiazole rings is 1. The first-order valence-electron chi connectivity index (χ1n) is 9.82. The van der Waals surface area contributed by atoms with Gasteiger partial charge in [-0.15, -0.1) is 16.4 Å². The second-order valence-corrected chi connectivity index (χ2v) is 8.11. The Morgan fingerprint density at radius 3 is 2.89 bits per heavy atom. The molecule has 4 heterocycles. The minimum absolute atomic E-state index is 0.150. The summed E-state index contributed by atoms with van der Waals surface area (Å²) in [6.45, 7) is 6.67. The summed E-state index contributed by atoms with van der Waals surface area (Å²) in [5.74, 6) is -0.150. The van der Waals surface area contributed by atoms with E-state index < -0.39 is 0 Å². The van der Waals surface area contributed by atoms with E-state index in [-0.39, 0.29) is 5.91 Å². The van der Waals surface area contributed by atoms with Crippen molar-refractivity contribution >= 4 is 22.4 Å². The number of anilines is 1. The molecule has 1 amide bonds. The predicted octanol–water partition coefficient (Wildman–Crippen LogP) is 1.54. The van der Waals surface area contributed by atoms with Crippen molar-refractivity contribution in [2.45, 2.75) is 45.1 Å². The molecule has 0 atom stereocenters. The molecule has 0 bridgehead atoms. The Morgan fingerprint density at radius 1 is 1.33 bits per heavy atom. The minimum Gasteiger partial charge on any atom is -0.350 e. The van der Waals surface area contributed by atoms with Gasteiger partial charge in [-0.25, -0.2) is 9.67 Å². The highest BCUT2D eigenvalue weighted by molar-refractivity contribution is 7.13. The molecule has 8 nitrogen and oxygen atoms in total. The highest BCUT2D eigenvalue weighted by Gasteiger charge is 2.23. The Hall–Kier alpha value is -2.00. The van der Waals surface area contributed by atoms with Gasteiger partial charge in [0.25, 0.3) is 5.91 Å². The lowest BCUT2D eigenvalue weighted by Gasteiger charge is -2.23. The molecule has 0 aliphatic carbocycles. The van der Waals surface area contributed by atoms with Gasteiger partial charge < -0.3 is 15.5 Å². The molecule has 2 saturated heterocycles. The SMILES string of the molecule is Cc1c(C(=O)NCCc2csc(N3CCCC3)n2)nnn1C1CCNCC1. The summed E-state index contributed by atoms with van der Waals surface area (Å²) < 4.78 is 1.92. The third kappa shape index (κ3) is 4.14. The fraction of sp³-hybridized carbons (Fsp3) is 0.667. The first-order valence-corrected chi connectivity index (χ1v) is 10.7. The van der Waals surface area contributed by atoms with Crippen molar-refractivity contribution in [3.8, 4) is 0 Å². The van der Waals surface area contributed by atoms with Gasteiger partial charge >= 0.3 is 0 Å². The van der Waals surface area contributed by atoms with Crippen LogP contribution in [0.4, 0.5) is 5.13 Å². The Morgan fingerprint density at radius 2 is 2.11 bits per heavy atom. The van der Waals surface area contributed by atoms with Crippen molar-refractivity contribution in [2.24, 2.45) is 0 Å². The normalized spacial score (nSPS) is 18.2. The summed E-state index contributed by atoms with van der Waals surface area (Å²) >= 11 is 1.69. The van der Waals surface area contributed by atoms with Gasteiger partial charge in [-0.1, -0.05) is 5.21 Å². The zero-order valence-corrected chi connectivity index (χ0v) is 16.6. The zero-order valence-electron chi connectivity index (χ0n) is 15.8. The summed E-state index contributed by atoms with van der Waals surface area (Å²) in [7, 11) is 0. The van der Waals surface area contributed by atoms with E-state index in [1.54, 1.807) is 11.3 Å². The summed E-state index contributed by atoms with van der Waals surface area (Å²) in [6, 6.07) is 0.333. The first kappa shape index (κ1) is 18.4. The highest BCUT2D eigenvalue weighted by Crippen LogP contribution is 2.24. The summed E-state index contributed by atoms with van der Waals surface area (Å²) in [5.41, 5.74) is 2.33. The molecule has 2 aliphatic rings. The third-order valence-corrected chi connectivity index (χ3v) is 6.33. The number of carbonyl (C=O) groups excluding carboxylic acids is 1. The van der Waals surface area contributed by atoms with E-state index in [4.69, 9.17) is 4.98 Å². The summed E-state index contributed by atoms with van der Waals surface area (Å²) in [5, 5.41) is 17.9. The number of hydrogen-bond acceptors (Lipinski definition) is 7. The van der Waals surface area contributed by atoms with Crippen LogP contribution in [0.5, 0.6) is 0 Å². The molecule has 0 saturated carbocycles. The van der Waals surface area contributed by atoms with Crippen molar-refractivity contribution in [1.29, 1.82) is 0 Å². The van der Waals surface area contributed by atoms with Crippen molar-refractivity contribution in [1.82, 2.24) is 30.6 Å². The van der Waals surface area contributed by atoms with Crippen LogP contribution < -0.4 is 15.5 Å². The third-order valence-electron chi connectivity index (χ3n) is 5.38. The maximum Gasteiger partial charge on any atom is 0.273 e. The fourth-order valence-electron chi connectivity index (χ4n) is 3.80. The quantitative estimate of drug-likeness (QED) is 0.779. The minimum atomic E-state index is -0.150. The van der Waals surface area contributed by atoms with Gasteiger partial charge in [-0.2, -0.15) is 0 Å². The molecule has 0 aromatic carbocycles. The molecular weight excluding hydrogens is 362 g/mol. The van der Waals surface area contributed by atoms with Gasteiger partial charge in [-0.05, 0) is 45.7 Å². The van der Waals surface area contributed by atoms with Gasteiger partial charge in [0.1, 0.15) is 0 Å². The molecule has 2 aliphatic heterocycles. The molecule has 146 valence electrons. The molecular formula is C18H27N7OS. The molecule has 0 unspecified atom stereocenters. The van der Waals surface area contributed by atoms with E-state index in [2.05, 4.69) is 31.2 Å². The van der Waals surface area contributed by atoms with Crippen molar-refractivity contribution in [3.63, 3.8) is 0 Å². The molecule has 0 spiro atoms. The number of rotatable bonds is 6. The second kappa shape index (κ2) is 8.35. The summed E-state index contributed by atoms with van der Waals surface area (Å²) in [4.78, 5) is 19.5. The molecule has 9 heteroatoms. The lowest BCUT2D eigenvalue weighted by atomic mass is 10.1. The van der Waals surface area contributed by atoms with Gasteiger partial charge in [-0.3, -0.25) is 4.79 Å². The number of carbonyl (C=O) groups is 1. The standard InChI is InChI=1S/C18H27N7OS/c1-13-16(22-23-25(13)15-5-7-19-8-6-15)17(26)20-9-4-14-12-27-18(21-14)24-10-2-3-11-24/h12,15,19H,2-11H2,1H3,(H,20,26). The molecule has 2 aromatic rings. The zero-order chi connectivity index (χ0) is 18.6. The Balaban J connectivity index is 1.30. The number of nitrogens with one attached hydrogen (secondary N) is 2. The van der Waals surface area contributed by atoms with Crippen LogP contribution in [0, 0.1) is 6.92 Å². The summed E-state index contributed by atoms with van der Waals surface area (Å²) in [6.07, 6.45) is 5.28. The molecule has 2 aromatic heterocycles. The van der Waals surface area contributed by atoms with Gasteiger partial charge in [0.05, 0.1) is 17.4 Å². The van der Waals surface area contributed by atoms with Crippen LogP contribution in [0.1, 0.15) is 53.6 Å². The van der Waals surface area contributed by atoms with Crippen LogP contribution in [-0.4, -0.2) is 58.6 Å². The Bertz CT molecular complexity index is 775. The Kier molecular flexibility index (Phi) is 5.68. The van der Waals surface area contributed by atoms with Crippen LogP contribution in [0.2, 0.25) is 0 Å². The van der Waals surface area contributed by atoms with Crippen molar-refractivity contribution in [2.75, 3.05) is 37.6 Å². The lowest BCUT2D eigenvalue weighted by Crippen LogP contribution is -2.30. The van der Waals surface area contributed by atoms with Crippen molar-refractivity contribution < 1.29 is 4.79 Å². The van der Waals surface area contributed by atoms with E-state index in [9.17, 15) is 4.79 Å². The first-order chi connectivity index (χ1) is 13.2. The number of nitrogens with zero attached hydrogens (tertiary/aromatic N) is 5. The van der Waals surface area contributed by atoms with Crippen LogP contribution >= 0.6 is 11.3 Å². The fourth-order valence-corrected chi connectivity index (χ4v) is 4.71. The van der Waals surface area contributed by atoms with Crippen molar-refractivity contribution in [3.05, 3.63) is 22.5 Å². The average molecular weight is 390 g/mol. The van der Waals surface area contributed by atoms with E-state index >= 15 is 0 Å². The molecule has 0 radical (unpaired) electrons. The maximum absolute atomic E-state index is 12.5. The lowest BCUT2D eigenvalue weighted by molar-refractivity contribution is 0.0948. The second-order valence-electron chi connectivity index (χ2n) is 7.27. The van der Waals surface area contributed by atoms with E-state index in [1.807, 2.05) is 11.6 Å². The van der Waals surface area contributed by atoms with E-state index in [1.165, 1.54) is 12.8 Å². The topological polar surface area (TPSA) is 88.0 Å². The highest BCUT2D eigenvalue weighted by atomic mass is 32.1. The predicted molar refractivity (Wildman–Crippen MR) is 105 cm³/mol.